The first-order valence-electron chi connectivity index (χ1n) is 9.40. The highest BCUT2D eigenvalue weighted by Crippen LogP contribution is 2.30. The SMILES string of the molecule is O=C(CSc1nnc(-c2ccco2)o1)N1CCC(c2nc3ccccc3o2)CC1. The van der Waals surface area contributed by atoms with Gasteiger partial charge in [-0.2, -0.15) is 0 Å². The maximum absolute atomic E-state index is 12.5. The molecule has 0 aliphatic carbocycles. The van der Waals surface area contributed by atoms with Crippen LogP contribution in [0, 0.1) is 0 Å². The highest BCUT2D eigenvalue weighted by Gasteiger charge is 2.27. The number of thioether (sulfide) groups is 1. The second kappa shape index (κ2) is 7.75. The number of hydrogen-bond donors (Lipinski definition) is 0. The first-order chi connectivity index (χ1) is 14.3. The summed E-state index contributed by atoms with van der Waals surface area (Å²) in [4.78, 5) is 19.0. The zero-order valence-electron chi connectivity index (χ0n) is 15.5. The van der Waals surface area contributed by atoms with Gasteiger partial charge in [0, 0.05) is 19.0 Å². The van der Waals surface area contributed by atoms with Gasteiger partial charge >= 0.3 is 0 Å². The van der Waals surface area contributed by atoms with Gasteiger partial charge in [0.2, 0.25) is 5.91 Å². The van der Waals surface area contributed by atoms with Gasteiger partial charge in [0.15, 0.2) is 17.2 Å². The van der Waals surface area contributed by atoms with E-state index in [2.05, 4.69) is 15.2 Å². The number of carbonyl (C=O) groups is 1. The monoisotopic (exact) mass is 410 g/mol. The van der Waals surface area contributed by atoms with E-state index in [0.29, 0.717) is 30.0 Å². The molecule has 5 rings (SSSR count). The lowest BCUT2D eigenvalue weighted by atomic mass is 9.97. The number of carbonyl (C=O) groups excluding carboxylic acids is 1. The van der Waals surface area contributed by atoms with E-state index in [-0.39, 0.29) is 17.6 Å². The van der Waals surface area contributed by atoms with Crippen LogP contribution in [-0.4, -0.2) is 44.8 Å². The zero-order chi connectivity index (χ0) is 19.6. The number of amides is 1. The minimum Gasteiger partial charge on any atom is -0.459 e. The van der Waals surface area contributed by atoms with E-state index in [1.165, 1.54) is 11.8 Å². The fraction of sp³-hybridized carbons (Fsp3) is 0.300. The average Bonchev–Trinajstić information content (AvgIpc) is 3.52. The number of nitrogens with zero attached hydrogens (tertiary/aromatic N) is 4. The predicted octanol–water partition coefficient (Wildman–Crippen LogP) is 3.97. The number of oxazole rings is 1. The Balaban J connectivity index is 1.14. The Hall–Kier alpha value is -3.07. The van der Waals surface area contributed by atoms with Crippen molar-refractivity contribution in [2.75, 3.05) is 18.8 Å². The van der Waals surface area contributed by atoms with E-state index < -0.39 is 0 Å². The van der Waals surface area contributed by atoms with Crippen molar-refractivity contribution < 1.29 is 18.0 Å². The maximum Gasteiger partial charge on any atom is 0.284 e. The van der Waals surface area contributed by atoms with Crippen molar-refractivity contribution in [3.63, 3.8) is 0 Å². The summed E-state index contributed by atoms with van der Waals surface area (Å²) >= 11 is 1.24. The molecule has 0 atom stereocenters. The van der Waals surface area contributed by atoms with Crippen molar-refractivity contribution in [1.82, 2.24) is 20.1 Å². The Labute approximate surface area is 170 Å². The van der Waals surface area contributed by atoms with Crippen molar-refractivity contribution in [3.05, 3.63) is 48.6 Å². The van der Waals surface area contributed by atoms with E-state index in [0.717, 1.165) is 29.8 Å². The van der Waals surface area contributed by atoms with E-state index in [1.807, 2.05) is 29.2 Å². The van der Waals surface area contributed by atoms with Crippen LogP contribution in [0.25, 0.3) is 22.8 Å². The molecule has 1 aromatic carbocycles. The van der Waals surface area contributed by atoms with Crippen molar-refractivity contribution in [3.8, 4) is 11.7 Å². The van der Waals surface area contributed by atoms with Crippen LogP contribution in [0.2, 0.25) is 0 Å². The van der Waals surface area contributed by atoms with Crippen LogP contribution in [0.1, 0.15) is 24.7 Å². The van der Waals surface area contributed by atoms with Gasteiger partial charge in [-0.15, -0.1) is 10.2 Å². The van der Waals surface area contributed by atoms with Crippen LogP contribution < -0.4 is 0 Å². The van der Waals surface area contributed by atoms with Gasteiger partial charge in [0.05, 0.1) is 12.0 Å². The van der Waals surface area contributed by atoms with Crippen LogP contribution in [0.5, 0.6) is 0 Å². The summed E-state index contributed by atoms with van der Waals surface area (Å²) in [5, 5.41) is 8.25. The molecule has 0 N–H and O–H groups in total. The smallest absolute Gasteiger partial charge is 0.284 e. The number of para-hydroxylation sites is 2. The fourth-order valence-electron chi connectivity index (χ4n) is 3.42. The molecule has 4 aromatic rings. The summed E-state index contributed by atoms with van der Waals surface area (Å²) in [6, 6.07) is 11.3. The van der Waals surface area contributed by atoms with Crippen LogP contribution in [-0.2, 0) is 4.79 Å². The maximum atomic E-state index is 12.5. The molecule has 1 amide bonds. The first kappa shape index (κ1) is 18.0. The molecule has 29 heavy (non-hydrogen) atoms. The van der Waals surface area contributed by atoms with Gasteiger partial charge in [-0.05, 0) is 37.1 Å². The third-order valence-corrected chi connectivity index (χ3v) is 5.77. The Kier molecular flexibility index (Phi) is 4.81. The lowest BCUT2D eigenvalue weighted by molar-refractivity contribution is -0.129. The summed E-state index contributed by atoms with van der Waals surface area (Å²) in [6.07, 6.45) is 3.22. The van der Waals surface area contributed by atoms with Crippen LogP contribution in [0.4, 0.5) is 0 Å². The molecule has 1 aliphatic heterocycles. The van der Waals surface area contributed by atoms with Crippen molar-refractivity contribution in [2.24, 2.45) is 0 Å². The Bertz CT molecular complexity index is 1080. The lowest BCUT2D eigenvalue weighted by Gasteiger charge is -2.30. The zero-order valence-corrected chi connectivity index (χ0v) is 16.3. The Morgan fingerprint density at radius 3 is 2.76 bits per heavy atom. The molecular formula is C20H18N4O4S. The molecule has 0 radical (unpaired) electrons. The van der Waals surface area contributed by atoms with Crippen molar-refractivity contribution in [2.45, 2.75) is 24.0 Å². The minimum atomic E-state index is 0.0590. The Morgan fingerprint density at radius 2 is 1.97 bits per heavy atom. The first-order valence-corrected chi connectivity index (χ1v) is 10.4. The largest absolute Gasteiger partial charge is 0.459 e. The molecule has 1 fully saturated rings. The fourth-order valence-corrected chi connectivity index (χ4v) is 4.09. The number of aromatic nitrogens is 3. The molecule has 3 aromatic heterocycles. The number of fused-ring (bicyclic) bond motifs is 1. The molecule has 0 spiro atoms. The molecular weight excluding hydrogens is 392 g/mol. The van der Waals surface area contributed by atoms with Gasteiger partial charge in [-0.1, -0.05) is 23.9 Å². The highest BCUT2D eigenvalue weighted by atomic mass is 32.2. The molecule has 0 bridgehead atoms. The minimum absolute atomic E-state index is 0.0590. The highest BCUT2D eigenvalue weighted by molar-refractivity contribution is 7.99. The number of piperidine rings is 1. The number of furan rings is 1. The molecule has 148 valence electrons. The van der Waals surface area contributed by atoms with Gasteiger partial charge in [-0.3, -0.25) is 4.79 Å². The standard InChI is InChI=1S/C20H18N4O4S/c25-17(12-29-20-23-22-19(28-20)16-6-3-11-26-16)24-9-7-13(8-10-24)18-21-14-4-1-2-5-15(14)27-18/h1-6,11,13H,7-10,12H2. The molecule has 0 unspecified atom stereocenters. The van der Waals surface area contributed by atoms with Gasteiger partial charge in [0.1, 0.15) is 5.52 Å². The average molecular weight is 410 g/mol. The number of rotatable bonds is 5. The summed E-state index contributed by atoms with van der Waals surface area (Å²) in [5.41, 5.74) is 1.69. The number of hydrogen-bond acceptors (Lipinski definition) is 8. The van der Waals surface area contributed by atoms with Crippen molar-refractivity contribution in [1.29, 1.82) is 0 Å². The molecule has 1 saturated heterocycles. The normalized spacial score (nSPS) is 15.2. The molecule has 4 heterocycles. The van der Waals surface area contributed by atoms with Gasteiger partial charge < -0.3 is 18.2 Å². The van der Waals surface area contributed by atoms with Gasteiger partial charge in [-0.25, -0.2) is 4.98 Å². The molecule has 1 aliphatic rings. The topological polar surface area (TPSA) is 98.4 Å². The molecule has 8 nitrogen and oxygen atoms in total. The van der Waals surface area contributed by atoms with Crippen LogP contribution >= 0.6 is 11.8 Å². The third-order valence-electron chi connectivity index (χ3n) is 4.96. The number of benzene rings is 1. The summed E-state index contributed by atoms with van der Waals surface area (Å²) < 4.78 is 16.6. The predicted molar refractivity (Wildman–Crippen MR) is 105 cm³/mol. The summed E-state index contributed by atoms with van der Waals surface area (Å²) in [7, 11) is 0. The summed E-state index contributed by atoms with van der Waals surface area (Å²) in [5.74, 6) is 2.15. The van der Waals surface area contributed by atoms with Crippen LogP contribution in [0.15, 0.2) is 61.1 Å². The van der Waals surface area contributed by atoms with Crippen molar-refractivity contribution >= 4 is 28.8 Å². The number of likely N-dealkylation sites (tertiary alicyclic amines) is 1. The Morgan fingerprint density at radius 1 is 1.10 bits per heavy atom. The van der Waals surface area contributed by atoms with Crippen LogP contribution in [0.3, 0.4) is 0 Å². The lowest BCUT2D eigenvalue weighted by Crippen LogP contribution is -2.39. The van der Waals surface area contributed by atoms with E-state index in [9.17, 15) is 4.79 Å². The van der Waals surface area contributed by atoms with Gasteiger partial charge in [0.25, 0.3) is 11.1 Å². The quantitative estimate of drug-likeness (QED) is 0.456. The second-order valence-electron chi connectivity index (χ2n) is 6.81. The second-order valence-corrected chi connectivity index (χ2v) is 7.74. The molecule has 0 saturated carbocycles. The summed E-state index contributed by atoms with van der Waals surface area (Å²) in [6.45, 7) is 1.37. The van der Waals surface area contributed by atoms with E-state index >= 15 is 0 Å². The van der Waals surface area contributed by atoms with E-state index in [1.54, 1.807) is 18.4 Å². The van der Waals surface area contributed by atoms with E-state index in [4.69, 9.17) is 13.3 Å². The third kappa shape index (κ3) is 3.77. The molecule has 9 heteroatoms.